The van der Waals surface area contributed by atoms with Crippen LogP contribution in [-0.2, 0) is 13.2 Å². The van der Waals surface area contributed by atoms with Gasteiger partial charge in [0.2, 0.25) is 0 Å². The molecule has 0 saturated heterocycles. The van der Waals surface area contributed by atoms with Gasteiger partial charge in [0.05, 0.1) is 17.1 Å². The van der Waals surface area contributed by atoms with Crippen molar-refractivity contribution in [1.29, 1.82) is 0 Å². The monoisotopic (exact) mass is 327 g/mol. The predicted octanol–water partition coefficient (Wildman–Crippen LogP) is 3.97. The third-order valence-electron chi connectivity index (χ3n) is 2.82. The second kappa shape index (κ2) is 6.76. The van der Waals surface area contributed by atoms with Crippen LogP contribution in [0, 0.1) is 10.1 Å². The molecule has 5 nitrogen and oxygen atoms in total. The number of rotatable bonds is 5. The molecule has 0 unspecified atom stereocenters. The standard InChI is InChI=1S/C14H11Cl2NO4/c15-11-3-4-14(10(5-11)7-18)21-8-9-1-2-12(16)6-13(9)17(19)20/h1-6,18H,7-8H2. The maximum absolute atomic E-state index is 11.0. The number of aliphatic hydroxyl groups excluding tert-OH is 1. The lowest BCUT2D eigenvalue weighted by atomic mass is 10.2. The molecule has 0 heterocycles. The van der Waals surface area contributed by atoms with E-state index in [1.165, 1.54) is 12.1 Å². The summed E-state index contributed by atoms with van der Waals surface area (Å²) in [6.45, 7) is -0.249. The Bertz CT molecular complexity index is 676. The van der Waals surface area contributed by atoms with E-state index in [-0.39, 0.29) is 23.9 Å². The van der Waals surface area contributed by atoms with Crippen LogP contribution in [0.5, 0.6) is 5.75 Å². The van der Waals surface area contributed by atoms with E-state index >= 15 is 0 Å². The van der Waals surface area contributed by atoms with Gasteiger partial charge in [0.25, 0.3) is 5.69 Å². The van der Waals surface area contributed by atoms with Gasteiger partial charge in [0.15, 0.2) is 0 Å². The molecule has 2 aromatic carbocycles. The molecular formula is C14H11Cl2NO4. The molecule has 0 saturated carbocycles. The Kier molecular flexibility index (Phi) is 5.01. The van der Waals surface area contributed by atoms with Crippen LogP contribution in [0.4, 0.5) is 5.69 Å². The molecule has 110 valence electrons. The average molecular weight is 328 g/mol. The highest BCUT2D eigenvalue weighted by Gasteiger charge is 2.15. The van der Waals surface area contributed by atoms with Gasteiger partial charge >= 0.3 is 0 Å². The van der Waals surface area contributed by atoms with Crippen LogP contribution < -0.4 is 4.74 Å². The SMILES string of the molecule is O=[N+]([O-])c1cc(Cl)ccc1COc1ccc(Cl)cc1CO. The fourth-order valence-electron chi connectivity index (χ4n) is 1.80. The van der Waals surface area contributed by atoms with Gasteiger partial charge in [-0.25, -0.2) is 0 Å². The second-order valence-electron chi connectivity index (χ2n) is 4.23. The van der Waals surface area contributed by atoms with Crippen LogP contribution in [0.1, 0.15) is 11.1 Å². The molecule has 7 heteroatoms. The number of nitro benzene ring substituents is 1. The van der Waals surface area contributed by atoms with Gasteiger partial charge in [0.1, 0.15) is 12.4 Å². The molecule has 0 spiro atoms. The lowest BCUT2D eigenvalue weighted by Gasteiger charge is -2.11. The summed E-state index contributed by atoms with van der Waals surface area (Å²) in [5.74, 6) is 0.422. The normalized spacial score (nSPS) is 10.4. The lowest BCUT2D eigenvalue weighted by Crippen LogP contribution is -2.02. The van der Waals surface area contributed by atoms with E-state index in [9.17, 15) is 15.2 Å². The molecule has 0 fully saturated rings. The average Bonchev–Trinajstić information content (AvgIpc) is 2.46. The van der Waals surface area contributed by atoms with Crippen molar-refractivity contribution in [3.05, 3.63) is 67.7 Å². The van der Waals surface area contributed by atoms with E-state index < -0.39 is 4.92 Å². The summed E-state index contributed by atoms with van der Waals surface area (Å²) >= 11 is 11.6. The highest BCUT2D eigenvalue weighted by Crippen LogP contribution is 2.27. The fourth-order valence-corrected chi connectivity index (χ4v) is 2.16. The first-order chi connectivity index (χ1) is 10.0. The molecule has 0 radical (unpaired) electrons. The summed E-state index contributed by atoms with van der Waals surface area (Å²) in [6.07, 6.45) is 0. The molecule has 0 aromatic heterocycles. The van der Waals surface area contributed by atoms with Gasteiger partial charge in [-0.3, -0.25) is 10.1 Å². The summed E-state index contributed by atoms with van der Waals surface area (Å²) in [6, 6.07) is 9.17. The van der Waals surface area contributed by atoms with E-state index in [1.807, 2.05) is 0 Å². The number of nitro groups is 1. The number of hydrogen-bond acceptors (Lipinski definition) is 4. The first-order valence-electron chi connectivity index (χ1n) is 5.96. The van der Waals surface area contributed by atoms with Gasteiger partial charge in [0, 0.05) is 21.7 Å². The van der Waals surface area contributed by atoms with E-state index in [0.29, 0.717) is 21.9 Å². The first kappa shape index (κ1) is 15.6. The Morgan fingerprint density at radius 2 is 1.76 bits per heavy atom. The molecule has 0 aliphatic rings. The number of aliphatic hydroxyl groups is 1. The quantitative estimate of drug-likeness (QED) is 0.666. The van der Waals surface area contributed by atoms with Crippen LogP contribution in [0.2, 0.25) is 10.0 Å². The van der Waals surface area contributed by atoms with Crippen molar-refractivity contribution < 1.29 is 14.8 Å². The Hall–Kier alpha value is -1.82. The fraction of sp³-hybridized carbons (Fsp3) is 0.143. The van der Waals surface area contributed by atoms with Crippen molar-refractivity contribution in [3.63, 3.8) is 0 Å². The third kappa shape index (κ3) is 3.85. The highest BCUT2D eigenvalue weighted by atomic mass is 35.5. The van der Waals surface area contributed by atoms with E-state index in [1.54, 1.807) is 24.3 Å². The minimum atomic E-state index is -0.514. The Morgan fingerprint density at radius 3 is 2.43 bits per heavy atom. The zero-order valence-electron chi connectivity index (χ0n) is 10.8. The minimum Gasteiger partial charge on any atom is -0.488 e. The molecule has 2 aromatic rings. The number of hydrogen-bond donors (Lipinski definition) is 1. The van der Waals surface area contributed by atoms with Gasteiger partial charge in [-0.1, -0.05) is 23.2 Å². The van der Waals surface area contributed by atoms with E-state index in [2.05, 4.69) is 0 Å². The number of nitrogens with zero attached hydrogens (tertiary/aromatic N) is 1. The summed E-state index contributed by atoms with van der Waals surface area (Å²) in [5, 5.41) is 21.0. The number of benzene rings is 2. The zero-order valence-corrected chi connectivity index (χ0v) is 12.3. The Labute approximate surface area is 130 Å². The third-order valence-corrected chi connectivity index (χ3v) is 3.29. The predicted molar refractivity (Wildman–Crippen MR) is 79.8 cm³/mol. The summed E-state index contributed by atoms with van der Waals surface area (Å²) in [7, 11) is 0. The van der Waals surface area contributed by atoms with Crippen molar-refractivity contribution in [1.82, 2.24) is 0 Å². The van der Waals surface area contributed by atoms with Crippen molar-refractivity contribution >= 4 is 28.9 Å². The molecule has 0 atom stereocenters. The van der Waals surface area contributed by atoms with Crippen molar-refractivity contribution in [2.24, 2.45) is 0 Å². The second-order valence-corrected chi connectivity index (χ2v) is 5.10. The molecule has 0 amide bonds. The van der Waals surface area contributed by atoms with Gasteiger partial charge < -0.3 is 9.84 Å². The summed E-state index contributed by atoms with van der Waals surface area (Å²) < 4.78 is 5.53. The van der Waals surface area contributed by atoms with Crippen molar-refractivity contribution in [2.75, 3.05) is 0 Å². The molecule has 21 heavy (non-hydrogen) atoms. The van der Waals surface area contributed by atoms with Gasteiger partial charge in [-0.05, 0) is 30.3 Å². The summed E-state index contributed by atoms with van der Waals surface area (Å²) in [5.41, 5.74) is 0.796. The summed E-state index contributed by atoms with van der Waals surface area (Å²) in [4.78, 5) is 10.5. The molecule has 0 bridgehead atoms. The molecular weight excluding hydrogens is 317 g/mol. The molecule has 1 N–H and O–H groups in total. The number of halogens is 2. The van der Waals surface area contributed by atoms with E-state index in [0.717, 1.165) is 0 Å². The molecule has 0 aliphatic carbocycles. The molecule has 2 rings (SSSR count). The van der Waals surface area contributed by atoms with Crippen LogP contribution in [-0.4, -0.2) is 10.0 Å². The minimum absolute atomic E-state index is 0.0118. The maximum atomic E-state index is 11.0. The van der Waals surface area contributed by atoms with Gasteiger partial charge in [-0.15, -0.1) is 0 Å². The maximum Gasteiger partial charge on any atom is 0.277 e. The van der Waals surface area contributed by atoms with Crippen molar-refractivity contribution in [3.8, 4) is 5.75 Å². The van der Waals surface area contributed by atoms with Crippen LogP contribution in [0.15, 0.2) is 36.4 Å². The van der Waals surface area contributed by atoms with Crippen LogP contribution in [0.25, 0.3) is 0 Å². The zero-order chi connectivity index (χ0) is 15.4. The lowest BCUT2D eigenvalue weighted by molar-refractivity contribution is -0.385. The topological polar surface area (TPSA) is 72.6 Å². The largest absolute Gasteiger partial charge is 0.488 e. The Morgan fingerprint density at radius 1 is 1.10 bits per heavy atom. The van der Waals surface area contributed by atoms with Gasteiger partial charge in [-0.2, -0.15) is 0 Å². The van der Waals surface area contributed by atoms with Crippen LogP contribution >= 0.6 is 23.2 Å². The smallest absolute Gasteiger partial charge is 0.277 e. The molecule has 0 aliphatic heterocycles. The number of ether oxygens (including phenoxy) is 1. The van der Waals surface area contributed by atoms with E-state index in [4.69, 9.17) is 27.9 Å². The van der Waals surface area contributed by atoms with Crippen molar-refractivity contribution in [2.45, 2.75) is 13.2 Å². The highest BCUT2D eigenvalue weighted by molar-refractivity contribution is 6.31. The van der Waals surface area contributed by atoms with Crippen LogP contribution in [0.3, 0.4) is 0 Å². The Balaban J connectivity index is 2.22. The first-order valence-corrected chi connectivity index (χ1v) is 6.71.